The van der Waals surface area contributed by atoms with E-state index in [-0.39, 0.29) is 17.9 Å². The molecule has 1 aliphatic carbocycles. The first-order valence-corrected chi connectivity index (χ1v) is 7.30. The largest absolute Gasteiger partial charge is 0.481 e. The third-order valence-electron chi connectivity index (χ3n) is 2.95. The Hall–Kier alpha value is -0.630. The minimum Gasteiger partial charge on any atom is -0.481 e. The molecule has 0 aromatic carbocycles. The summed E-state index contributed by atoms with van der Waals surface area (Å²) in [4.78, 5) is 22.6. The van der Waals surface area contributed by atoms with Gasteiger partial charge in [-0.1, -0.05) is 0 Å². The number of rotatable bonds is 3. The van der Waals surface area contributed by atoms with Gasteiger partial charge in [0.15, 0.2) is 0 Å². The van der Waals surface area contributed by atoms with Crippen LogP contribution in [0.25, 0.3) is 0 Å². The number of carboxylic acid groups (broad SMARTS) is 1. The Morgan fingerprint density at radius 3 is 2.76 bits per heavy atom. The SMILES string of the molecule is O=C(N[C@H]1CC[C@@H](C(=O)O)C1)c1csc(I)c1. The summed E-state index contributed by atoms with van der Waals surface area (Å²) in [6.07, 6.45) is 1.95. The summed E-state index contributed by atoms with van der Waals surface area (Å²) in [5, 5.41) is 13.6. The van der Waals surface area contributed by atoms with Crippen LogP contribution in [-0.2, 0) is 4.79 Å². The molecule has 0 spiro atoms. The lowest BCUT2D eigenvalue weighted by molar-refractivity contribution is -0.141. The number of aliphatic carboxylic acids is 1. The van der Waals surface area contributed by atoms with Gasteiger partial charge < -0.3 is 10.4 Å². The zero-order valence-electron chi connectivity index (χ0n) is 8.98. The van der Waals surface area contributed by atoms with Gasteiger partial charge >= 0.3 is 5.97 Å². The highest BCUT2D eigenvalue weighted by molar-refractivity contribution is 14.1. The van der Waals surface area contributed by atoms with Crippen LogP contribution < -0.4 is 5.32 Å². The molecule has 1 aromatic rings. The van der Waals surface area contributed by atoms with E-state index in [1.807, 2.05) is 11.4 Å². The highest BCUT2D eigenvalue weighted by Gasteiger charge is 2.30. The Balaban J connectivity index is 1.90. The number of amides is 1. The molecule has 17 heavy (non-hydrogen) atoms. The lowest BCUT2D eigenvalue weighted by Crippen LogP contribution is -2.33. The molecular weight excluding hydrogens is 353 g/mol. The van der Waals surface area contributed by atoms with E-state index in [0.29, 0.717) is 18.4 Å². The standard InChI is InChI=1S/C11H12INO3S/c12-9-4-7(5-17-9)10(14)13-8-2-1-6(3-8)11(15)16/h4-6,8H,1-3H2,(H,13,14)(H,15,16)/t6-,8+/m1/s1. The van der Waals surface area contributed by atoms with Crippen LogP contribution in [0.3, 0.4) is 0 Å². The summed E-state index contributed by atoms with van der Waals surface area (Å²) in [6, 6.07) is 1.84. The third kappa shape index (κ3) is 3.19. The quantitative estimate of drug-likeness (QED) is 0.809. The van der Waals surface area contributed by atoms with Crippen molar-refractivity contribution in [1.29, 1.82) is 0 Å². The van der Waals surface area contributed by atoms with Crippen LogP contribution >= 0.6 is 33.9 Å². The topological polar surface area (TPSA) is 66.4 Å². The second-order valence-electron chi connectivity index (χ2n) is 4.16. The van der Waals surface area contributed by atoms with Crippen molar-refractivity contribution in [2.24, 2.45) is 5.92 Å². The van der Waals surface area contributed by atoms with Crippen molar-refractivity contribution in [3.05, 3.63) is 19.9 Å². The molecule has 0 bridgehead atoms. The Kier molecular flexibility index (Phi) is 4.03. The minimum absolute atomic E-state index is 0.00108. The van der Waals surface area contributed by atoms with Crippen LogP contribution in [0.4, 0.5) is 0 Å². The zero-order chi connectivity index (χ0) is 12.4. The maximum Gasteiger partial charge on any atom is 0.306 e. The number of hydrogen-bond acceptors (Lipinski definition) is 3. The first-order chi connectivity index (χ1) is 8.06. The van der Waals surface area contributed by atoms with E-state index in [2.05, 4.69) is 27.9 Å². The summed E-state index contributed by atoms with van der Waals surface area (Å²) >= 11 is 3.70. The molecule has 0 radical (unpaired) electrons. The maximum absolute atomic E-state index is 11.8. The second-order valence-corrected chi connectivity index (χ2v) is 6.96. The van der Waals surface area contributed by atoms with Crippen molar-refractivity contribution >= 4 is 45.8 Å². The highest BCUT2D eigenvalue weighted by atomic mass is 127. The summed E-state index contributed by atoms with van der Waals surface area (Å²) in [5.74, 6) is -1.16. The number of thiophene rings is 1. The second kappa shape index (κ2) is 5.34. The molecule has 6 heteroatoms. The van der Waals surface area contributed by atoms with Gasteiger partial charge in [0, 0.05) is 11.4 Å². The van der Waals surface area contributed by atoms with E-state index >= 15 is 0 Å². The molecule has 4 nitrogen and oxygen atoms in total. The predicted octanol–water partition coefficient (Wildman–Crippen LogP) is 2.34. The molecule has 1 heterocycles. The van der Waals surface area contributed by atoms with Crippen LogP contribution in [0.1, 0.15) is 29.6 Å². The van der Waals surface area contributed by atoms with Crippen LogP contribution in [0.2, 0.25) is 0 Å². The van der Waals surface area contributed by atoms with E-state index in [1.54, 1.807) is 0 Å². The van der Waals surface area contributed by atoms with Gasteiger partial charge in [0.1, 0.15) is 0 Å². The molecule has 0 saturated heterocycles. The first-order valence-electron chi connectivity index (χ1n) is 5.34. The van der Waals surface area contributed by atoms with Crippen molar-refractivity contribution in [1.82, 2.24) is 5.32 Å². The molecule has 0 aliphatic heterocycles. The number of nitrogens with one attached hydrogen (secondary N) is 1. The van der Waals surface area contributed by atoms with Crippen LogP contribution in [0.15, 0.2) is 11.4 Å². The van der Waals surface area contributed by atoms with E-state index in [0.717, 1.165) is 9.30 Å². The van der Waals surface area contributed by atoms with Crippen LogP contribution in [0, 0.1) is 8.80 Å². The van der Waals surface area contributed by atoms with Crippen molar-refractivity contribution in [3.8, 4) is 0 Å². The van der Waals surface area contributed by atoms with Gasteiger partial charge in [-0.15, -0.1) is 11.3 Å². The smallest absolute Gasteiger partial charge is 0.306 e. The van der Waals surface area contributed by atoms with Crippen molar-refractivity contribution in [3.63, 3.8) is 0 Å². The van der Waals surface area contributed by atoms with Crippen molar-refractivity contribution in [2.75, 3.05) is 0 Å². The molecule has 1 aromatic heterocycles. The van der Waals surface area contributed by atoms with E-state index < -0.39 is 5.97 Å². The fraction of sp³-hybridized carbons (Fsp3) is 0.455. The zero-order valence-corrected chi connectivity index (χ0v) is 12.0. The van der Waals surface area contributed by atoms with Gasteiger partial charge in [-0.25, -0.2) is 0 Å². The molecule has 1 fully saturated rings. The van der Waals surface area contributed by atoms with Crippen molar-refractivity contribution < 1.29 is 14.7 Å². The van der Waals surface area contributed by atoms with Crippen LogP contribution in [-0.4, -0.2) is 23.0 Å². The maximum atomic E-state index is 11.8. The summed E-state index contributed by atoms with van der Waals surface area (Å²) in [7, 11) is 0. The normalized spacial score (nSPS) is 23.6. The molecule has 0 unspecified atom stereocenters. The fourth-order valence-electron chi connectivity index (χ4n) is 2.03. The van der Waals surface area contributed by atoms with Gasteiger partial charge in [-0.3, -0.25) is 9.59 Å². The third-order valence-corrected chi connectivity index (χ3v) is 4.74. The average molecular weight is 365 g/mol. The van der Waals surface area contributed by atoms with Gasteiger partial charge in [0.25, 0.3) is 5.91 Å². The number of carbonyl (C=O) groups is 2. The molecule has 2 atom stereocenters. The fourth-order valence-corrected chi connectivity index (χ4v) is 3.36. The molecule has 2 rings (SSSR count). The number of hydrogen-bond donors (Lipinski definition) is 2. The van der Waals surface area contributed by atoms with Crippen LogP contribution in [0.5, 0.6) is 0 Å². The first kappa shape index (κ1) is 12.8. The minimum atomic E-state index is -0.758. The molecule has 1 aliphatic rings. The Morgan fingerprint density at radius 1 is 1.47 bits per heavy atom. The monoisotopic (exact) mass is 365 g/mol. The number of carbonyl (C=O) groups excluding carboxylic acids is 1. The Morgan fingerprint density at radius 2 is 2.24 bits per heavy atom. The molecule has 1 amide bonds. The van der Waals surface area contributed by atoms with E-state index in [1.165, 1.54) is 11.3 Å². The summed E-state index contributed by atoms with van der Waals surface area (Å²) < 4.78 is 1.07. The van der Waals surface area contributed by atoms with E-state index in [9.17, 15) is 9.59 Å². The molecule has 2 N–H and O–H groups in total. The van der Waals surface area contributed by atoms with E-state index in [4.69, 9.17) is 5.11 Å². The number of halogens is 1. The van der Waals surface area contributed by atoms with Gasteiger partial charge in [0.05, 0.1) is 14.4 Å². The average Bonchev–Trinajstić information content (AvgIpc) is 2.86. The summed E-state index contributed by atoms with van der Waals surface area (Å²) in [5.41, 5.74) is 0.665. The number of carboxylic acids is 1. The molecule has 1 saturated carbocycles. The Labute approximate surface area is 117 Å². The summed E-state index contributed by atoms with van der Waals surface area (Å²) in [6.45, 7) is 0. The van der Waals surface area contributed by atoms with Gasteiger partial charge in [-0.05, 0) is 47.9 Å². The van der Waals surface area contributed by atoms with Gasteiger partial charge in [-0.2, -0.15) is 0 Å². The highest BCUT2D eigenvalue weighted by Crippen LogP contribution is 2.26. The molecule has 92 valence electrons. The van der Waals surface area contributed by atoms with Gasteiger partial charge in [0.2, 0.25) is 0 Å². The van der Waals surface area contributed by atoms with Crippen molar-refractivity contribution in [2.45, 2.75) is 25.3 Å². The Bertz CT molecular complexity index is 446. The lowest BCUT2D eigenvalue weighted by atomic mass is 10.1. The lowest BCUT2D eigenvalue weighted by Gasteiger charge is -2.11. The molecular formula is C11H12INO3S. The predicted molar refractivity (Wildman–Crippen MR) is 73.3 cm³/mol.